The highest BCUT2D eigenvalue weighted by Gasteiger charge is 2.61. The van der Waals surface area contributed by atoms with Gasteiger partial charge in [-0.3, -0.25) is 4.79 Å². The summed E-state index contributed by atoms with van der Waals surface area (Å²) in [6.07, 6.45) is 3.87. The molecule has 2 aliphatic rings. The second-order valence-electron chi connectivity index (χ2n) is 6.50. The van der Waals surface area contributed by atoms with Gasteiger partial charge in [0.15, 0.2) is 0 Å². The van der Waals surface area contributed by atoms with Crippen molar-refractivity contribution in [3.8, 4) is 0 Å². The highest BCUT2D eigenvalue weighted by molar-refractivity contribution is 6.55. The second kappa shape index (κ2) is 5.33. The molecule has 2 atom stereocenters. The Balaban J connectivity index is 1.86. The van der Waals surface area contributed by atoms with E-state index in [9.17, 15) is 4.79 Å². The fourth-order valence-electron chi connectivity index (χ4n) is 3.53. The van der Waals surface area contributed by atoms with Crippen LogP contribution in [0.15, 0.2) is 34.8 Å². The molecule has 1 aromatic carbocycles. The van der Waals surface area contributed by atoms with Crippen LogP contribution in [0.25, 0.3) is 0 Å². The normalized spacial score (nSPS) is 26.0. The van der Waals surface area contributed by atoms with Crippen LogP contribution in [0.1, 0.15) is 25.8 Å². The zero-order chi connectivity index (χ0) is 15.2. The number of para-hydroxylation sites is 1. The summed E-state index contributed by atoms with van der Waals surface area (Å²) < 4.78 is 0.252. The Morgan fingerprint density at radius 3 is 2.76 bits per heavy atom. The van der Waals surface area contributed by atoms with Crippen LogP contribution in [-0.4, -0.2) is 12.5 Å². The van der Waals surface area contributed by atoms with Crippen molar-refractivity contribution in [3.63, 3.8) is 0 Å². The van der Waals surface area contributed by atoms with Crippen molar-refractivity contribution in [3.05, 3.63) is 40.4 Å². The third-order valence-corrected chi connectivity index (χ3v) is 5.11. The lowest BCUT2D eigenvalue weighted by molar-refractivity contribution is -0.120. The molecule has 3 rings (SSSR count). The lowest BCUT2D eigenvalue weighted by Crippen LogP contribution is -2.37. The topological polar surface area (TPSA) is 20.3 Å². The minimum atomic E-state index is -0.0709. The van der Waals surface area contributed by atoms with Gasteiger partial charge in [-0.1, -0.05) is 55.2 Å². The van der Waals surface area contributed by atoms with Gasteiger partial charge in [0.25, 0.3) is 0 Å². The Kier molecular flexibility index (Phi) is 3.79. The van der Waals surface area contributed by atoms with Gasteiger partial charge in [-0.25, -0.2) is 0 Å². The number of amides is 1. The standard InChI is InChI=1S/C17H19Cl2NO/c1-17(2)12(10-14(18)19)15(17)16(21)20-9-5-7-11-6-3-4-8-13(11)20/h3-4,6,8,10,12,15H,5,7,9H2,1-2H3/t12-,15+/m0/s1. The summed E-state index contributed by atoms with van der Waals surface area (Å²) in [6, 6.07) is 8.18. The lowest BCUT2D eigenvalue weighted by Gasteiger charge is -2.30. The number of hydrogen-bond acceptors (Lipinski definition) is 1. The molecule has 0 saturated heterocycles. The predicted octanol–water partition coefficient (Wildman–Crippen LogP) is 4.56. The van der Waals surface area contributed by atoms with E-state index in [0.717, 1.165) is 25.1 Å². The largest absolute Gasteiger partial charge is 0.312 e. The monoisotopic (exact) mass is 323 g/mol. The average Bonchev–Trinajstić information content (AvgIpc) is 2.97. The number of halogens is 2. The molecule has 1 aromatic rings. The van der Waals surface area contributed by atoms with Gasteiger partial charge in [-0.05, 0) is 41.9 Å². The molecule has 2 nitrogen and oxygen atoms in total. The van der Waals surface area contributed by atoms with Crippen molar-refractivity contribution in [2.45, 2.75) is 26.7 Å². The maximum absolute atomic E-state index is 12.9. The van der Waals surface area contributed by atoms with Crippen LogP contribution in [0.2, 0.25) is 0 Å². The molecular formula is C17H19Cl2NO. The number of carbonyl (C=O) groups is 1. The number of benzene rings is 1. The number of aryl methyl sites for hydroxylation is 1. The molecule has 112 valence electrons. The van der Waals surface area contributed by atoms with E-state index in [2.05, 4.69) is 19.9 Å². The van der Waals surface area contributed by atoms with Gasteiger partial charge in [0.2, 0.25) is 5.91 Å². The molecule has 1 saturated carbocycles. The Hall–Kier alpha value is -0.990. The van der Waals surface area contributed by atoms with Gasteiger partial charge in [0.05, 0.1) is 5.92 Å². The Bertz CT molecular complexity index is 605. The quantitative estimate of drug-likeness (QED) is 0.781. The van der Waals surface area contributed by atoms with Gasteiger partial charge in [0.1, 0.15) is 4.49 Å². The van der Waals surface area contributed by atoms with Crippen LogP contribution >= 0.6 is 23.2 Å². The molecule has 21 heavy (non-hydrogen) atoms. The number of hydrogen-bond donors (Lipinski definition) is 0. The summed E-state index contributed by atoms with van der Waals surface area (Å²) in [5.74, 6) is 0.295. The highest BCUT2D eigenvalue weighted by atomic mass is 35.5. The van der Waals surface area contributed by atoms with Crippen LogP contribution in [0.3, 0.4) is 0 Å². The van der Waals surface area contributed by atoms with E-state index in [0.29, 0.717) is 0 Å². The van der Waals surface area contributed by atoms with Crippen molar-refractivity contribution in [2.75, 3.05) is 11.4 Å². The molecule has 1 amide bonds. The van der Waals surface area contributed by atoms with Crippen molar-refractivity contribution >= 4 is 34.8 Å². The lowest BCUT2D eigenvalue weighted by atomic mass is 10.0. The number of allylic oxidation sites excluding steroid dienone is 1. The van der Waals surface area contributed by atoms with Gasteiger partial charge in [-0.2, -0.15) is 0 Å². The Labute approximate surface area is 135 Å². The maximum Gasteiger partial charge on any atom is 0.231 e. The molecule has 0 N–H and O–H groups in total. The third kappa shape index (κ3) is 2.60. The van der Waals surface area contributed by atoms with E-state index < -0.39 is 0 Å². The molecule has 0 bridgehead atoms. The van der Waals surface area contributed by atoms with Crippen molar-refractivity contribution in [1.29, 1.82) is 0 Å². The molecule has 1 aliphatic heterocycles. The van der Waals surface area contributed by atoms with E-state index in [4.69, 9.17) is 23.2 Å². The molecule has 0 radical (unpaired) electrons. The minimum Gasteiger partial charge on any atom is -0.312 e. The smallest absolute Gasteiger partial charge is 0.231 e. The van der Waals surface area contributed by atoms with Crippen LogP contribution in [0.5, 0.6) is 0 Å². The summed E-state index contributed by atoms with van der Waals surface area (Å²) in [5, 5.41) is 0. The van der Waals surface area contributed by atoms with Gasteiger partial charge < -0.3 is 4.90 Å². The molecule has 0 aromatic heterocycles. The summed E-state index contributed by atoms with van der Waals surface area (Å²) in [5.41, 5.74) is 2.26. The minimum absolute atomic E-state index is 0.0313. The molecule has 0 unspecified atom stereocenters. The van der Waals surface area contributed by atoms with Crippen LogP contribution in [0.4, 0.5) is 5.69 Å². The second-order valence-corrected chi connectivity index (χ2v) is 7.51. The maximum atomic E-state index is 12.9. The fraction of sp³-hybridized carbons (Fsp3) is 0.471. The number of fused-ring (bicyclic) bond motifs is 1. The van der Waals surface area contributed by atoms with Crippen molar-refractivity contribution < 1.29 is 4.79 Å². The van der Waals surface area contributed by atoms with Crippen LogP contribution in [-0.2, 0) is 11.2 Å². The van der Waals surface area contributed by atoms with E-state index >= 15 is 0 Å². The molecule has 1 aliphatic carbocycles. The summed E-state index contributed by atoms with van der Waals surface area (Å²) in [6.45, 7) is 5.00. The first-order valence-corrected chi connectivity index (χ1v) is 8.10. The first kappa shape index (κ1) is 14.9. The van der Waals surface area contributed by atoms with Crippen molar-refractivity contribution in [2.24, 2.45) is 17.3 Å². The van der Waals surface area contributed by atoms with Crippen molar-refractivity contribution in [1.82, 2.24) is 0 Å². The Morgan fingerprint density at radius 2 is 2.05 bits per heavy atom. The number of nitrogens with zero attached hydrogens (tertiary/aromatic N) is 1. The first-order chi connectivity index (χ1) is 9.93. The van der Waals surface area contributed by atoms with E-state index in [-0.39, 0.29) is 27.6 Å². The van der Waals surface area contributed by atoms with Crippen LogP contribution in [0, 0.1) is 17.3 Å². The highest BCUT2D eigenvalue weighted by Crippen LogP contribution is 2.60. The van der Waals surface area contributed by atoms with E-state index in [1.54, 1.807) is 0 Å². The fourth-order valence-corrected chi connectivity index (χ4v) is 3.80. The summed E-state index contributed by atoms with van der Waals surface area (Å²) in [4.78, 5) is 14.9. The molecular weight excluding hydrogens is 305 g/mol. The predicted molar refractivity (Wildman–Crippen MR) is 87.7 cm³/mol. The van der Waals surface area contributed by atoms with E-state index in [1.165, 1.54) is 5.56 Å². The van der Waals surface area contributed by atoms with Gasteiger partial charge in [-0.15, -0.1) is 0 Å². The first-order valence-electron chi connectivity index (χ1n) is 7.35. The third-order valence-electron chi connectivity index (χ3n) is 4.86. The van der Waals surface area contributed by atoms with Gasteiger partial charge in [0, 0.05) is 12.2 Å². The zero-order valence-electron chi connectivity index (χ0n) is 12.3. The van der Waals surface area contributed by atoms with Crippen LogP contribution < -0.4 is 4.90 Å². The van der Waals surface area contributed by atoms with E-state index in [1.807, 2.05) is 29.2 Å². The molecule has 4 heteroatoms. The number of rotatable bonds is 2. The van der Waals surface area contributed by atoms with Gasteiger partial charge >= 0.3 is 0 Å². The number of anilines is 1. The molecule has 1 fully saturated rings. The zero-order valence-corrected chi connectivity index (χ0v) is 13.8. The molecule has 0 spiro atoms. The summed E-state index contributed by atoms with van der Waals surface area (Å²) >= 11 is 11.6. The number of carbonyl (C=O) groups excluding carboxylic acids is 1. The summed E-state index contributed by atoms with van der Waals surface area (Å²) in [7, 11) is 0. The molecule has 1 heterocycles. The average molecular weight is 324 g/mol. The SMILES string of the molecule is CC1(C)[C@@H](C=C(Cl)Cl)[C@@H]1C(=O)N1CCCc2ccccc21. The Morgan fingerprint density at radius 1 is 1.33 bits per heavy atom.